The van der Waals surface area contributed by atoms with Crippen molar-refractivity contribution in [3.05, 3.63) is 144 Å². The third-order valence-corrected chi connectivity index (χ3v) is 9.59. The minimum atomic E-state index is -0.149. The number of fused-ring (bicyclic) bond motifs is 4. The highest BCUT2D eigenvalue weighted by atomic mass is 15.2. The summed E-state index contributed by atoms with van der Waals surface area (Å²) in [6, 6.07) is 45.0. The summed E-state index contributed by atoms with van der Waals surface area (Å²) in [6.45, 7) is 16.2. The molecule has 0 amide bonds. The fraction of sp³-hybridized carbons (Fsp3) is 0.209. The highest BCUT2D eigenvalue weighted by Crippen LogP contribution is 2.51. The van der Waals surface area contributed by atoms with Crippen LogP contribution in [0.3, 0.4) is 0 Å². The van der Waals surface area contributed by atoms with Crippen LogP contribution in [-0.2, 0) is 5.41 Å². The van der Waals surface area contributed by atoms with Crippen molar-refractivity contribution in [2.45, 2.75) is 59.4 Å². The van der Waals surface area contributed by atoms with Crippen molar-refractivity contribution in [3.63, 3.8) is 0 Å². The molecule has 6 aromatic carbocycles. The molecule has 0 bridgehead atoms. The quantitative estimate of drug-likeness (QED) is 0.203. The van der Waals surface area contributed by atoms with E-state index in [9.17, 15) is 0 Å². The summed E-state index contributed by atoms with van der Waals surface area (Å²) in [4.78, 5) is 2.54. The zero-order valence-corrected chi connectivity index (χ0v) is 27.0. The topological polar surface area (TPSA) is 3.24 Å². The number of hydrogen-bond acceptors (Lipinski definition) is 1. The molecule has 0 aliphatic heterocycles. The molecule has 0 saturated carbocycles. The van der Waals surface area contributed by atoms with Crippen molar-refractivity contribution < 1.29 is 0 Å². The third-order valence-electron chi connectivity index (χ3n) is 9.59. The van der Waals surface area contributed by atoms with E-state index in [0.717, 1.165) is 0 Å². The van der Waals surface area contributed by atoms with Gasteiger partial charge in [-0.05, 0) is 114 Å². The monoisotopic (exact) mass is 571 g/mol. The molecule has 1 nitrogen and oxygen atoms in total. The number of benzene rings is 6. The Kier molecular flexibility index (Phi) is 6.55. The van der Waals surface area contributed by atoms with E-state index < -0.39 is 0 Å². The van der Waals surface area contributed by atoms with E-state index in [1.54, 1.807) is 0 Å². The Balaban J connectivity index is 1.42. The maximum atomic E-state index is 2.54. The Labute approximate surface area is 262 Å². The number of nitrogens with zero attached hydrogens (tertiary/aromatic N) is 1. The predicted molar refractivity (Wildman–Crippen MR) is 190 cm³/mol. The zero-order valence-electron chi connectivity index (χ0n) is 27.0. The van der Waals surface area contributed by atoms with E-state index in [2.05, 4.69) is 175 Å². The number of hydrogen-bond donors (Lipinski definition) is 0. The minimum absolute atomic E-state index is 0.0333. The SMILES string of the molecule is Cc1cc2c(cc1-c1ccc(N(c3cc(-c4ccccc4)ccc3C)C(C)(C)C)c3ccccc13)C(C)(C)c1ccccc1-2. The highest BCUT2D eigenvalue weighted by Gasteiger charge is 2.36. The van der Waals surface area contributed by atoms with Crippen LogP contribution in [0.4, 0.5) is 11.4 Å². The third kappa shape index (κ3) is 4.46. The Morgan fingerprint density at radius 2 is 1.16 bits per heavy atom. The van der Waals surface area contributed by atoms with Gasteiger partial charge in [0, 0.05) is 27.7 Å². The van der Waals surface area contributed by atoms with Gasteiger partial charge in [0.1, 0.15) is 0 Å². The van der Waals surface area contributed by atoms with Crippen molar-refractivity contribution >= 4 is 22.1 Å². The normalized spacial score (nSPS) is 13.5. The van der Waals surface area contributed by atoms with Crippen molar-refractivity contribution in [1.29, 1.82) is 0 Å². The molecular weight excluding hydrogens is 530 g/mol. The summed E-state index contributed by atoms with van der Waals surface area (Å²) in [5.74, 6) is 0. The van der Waals surface area contributed by atoms with E-state index in [4.69, 9.17) is 0 Å². The molecular formula is C43H41N. The predicted octanol–water partition coefficient (Wildman–Crippen LogP) is 12.0. The molecule has 1 aliphatic rings. The van der Waals surface area contributed by atoms with Crippen LogP contribution >= 0.6 is 0 Å². The molecule has 0 atom stereocenters. The first-order chi connectivity index (χ1) is 21.1. The summed E-state index contributed by atoms with van der Waals surface area (Å²) in [6.07, 6.45) is 0. The van der Waals surface area contributed by atoms with Crippen molar-refractivity contribution in [1.82, 2.24) is 0 Å². The maximum Gasteiger partial charge on any atom is 0.0495 e. The average Bonchev–Trinajstić information content (AvgIpc) is 3.23. The van der Waals surface area contributed by atoms with E-state index in [-0.39, 0.29) is 11.0 Å². The van der Waals surface area contributed by atoms with Gasteiger partial charge in [0.25, 0.3) is 0 Å². The van der Waals surface area contributed by atoms with Gasteiger partial charge >= 0.3 is 0 Å². The average molecular weight is 572 g/mol. The van der Waals surface area contributed by atoms with Gasteiger partial charge < -0.3 is 4.90 Å². The lowest BCUT2D eigenvalue weighted by Gasteiger charge is -2.40. The minimum Gasteiger partial charge on any atom is -0.335 e. The fourth-order valence-electron chi connectivity index (χ4n) is 7.37. The molecule has 0 unspecified atom stereocenters. The van der Waals surface area contributed by atoms with E-state index >= 15 is 0 Å². The van der Waals surface area contributed by atoms with Crippen LogP contribution in [0.5, 0.6) is 0 Å². The smallest absolute Gasteiger partial charge is 0.0495 e. The first-order valence-corrected chi connectivity index (χ1v) is 15.8. The lowest BCUT2D eigenvalue weighted by Crippen LogP contribution is -2.38. The Bertz CT molecular complexity index is 2040. The number of rotatable bonds is 4. The van der Waals surface area contributed by atoms with Gasteiger partial charge in [0.15, 0.2) is 0 Å². The number of aryl methyl sites for hydroxylation is 2. The number of anilines is 2. The summed E-state index contributed by atoms with van der Waals surface area (Å²) >= 11 is 0. The van der Waals surface area contributed by atoms with Crippen LogP contribution in [0.2, 0.25) is 0 Å². The maximum absolute atomic E-state index is 2.54. The molecule has 0 radical (unpaired) electrons. The van der Waals surface area contributed by atoms with Crippen molar-refractivity contribution in [3.8, 4) is 33.4 Å². The summed E-state index contributed by atoms with van der Waals surface area (Å²) in [5, 5.41) is 2.55. The Morgan fingerprint density at radius 1 is 0.477 bits per heavy atom. The Morgan fingerprint density at radius 3 is 1.91 bits per heavy atom. The molecule has 1 heteroatoms. The van der Waals surface area contributed by atoms with E-state index in [1.165, 1.54) is 77.8 Å². The molecule has 0 heterocycles. The fourth-order valence-corrected chi connectivity index (χ4v) is 7.37. The molecule has 44 heavy (non-hydrogen) atoms. The first-order valence-electron chi connectivity index (χ1n) is 15.8. The first kappa shape index (κ1) is 28.2. The van der Waals surface area contributed by atoms with Crippen LogP contribution in [-0.4, -0.2) is 5.54 Å². The highest BCUT2D eigenvalue weighted by molar-refractivity contribution is 6.06. The molecule has 0 fully saturated rings. The van der Waals surface area contributed by atoms with Crippen LogP contribution in [0.15, 0.2) is 121 Å². The summed E-state index contributed by atoms with van der Waals surface area (Å²) < 4.78 is 0. The van der Waals surface area contributed by atoms with Gasteiger partial charge in [0.05, 0.1) is 0 Å². The molecule has 1 aliphatic carbocycles. The summed E-state index contributed by atoms with van der Waals surface area (Å²) in [5.41, 5.74) is 15.5. The van der Waals surface area contributed by atoms with Crippen molar-refractivity contribution in [2.75, 3.05) is 4.90 Å². The van der Waals surface area contributed by atoms with Gasteiger partial charge in [-0.2, -0.15) is 0 Å². The van der Waals surface area contributed by atoms with Gasteiger partial charge in [0.2, 0.25) is 0 Å². The van der Waals surface area contributed by atoms with Gasteiger partial charge in [-0.25, -0.2) is 0 Å². The second kappa shape index (κ2) is 10.2. The second-order valence-corrected chi connectivity index (χ2v) is 13.9. The molecule has 0 saturated heterocycles. The van der Waals surface area contributed by atoms with Gasteiger partial charge in [-0.1, -0.05) is 117 Å². The van der Waals surface area contributed by atoms with Crippen LogP contribution in [0, 0.1) is 13.8 Å². The standard InChI is InChI=1S/C43H41N/c1-28-21-22-31(30-15-9-8-10-16-30)26-41(28)44(42(3,4)5)40-24-23-33(32-17-11-12-19-35(32)40)36-27-39-37(25-29(36)2)34-18-13-14-20-38(34)43(39,6)7/h8-27H,1-7H3. The molecule has 218 valence electrons. The zero-order chi connectivity index (χ0) is 30.8. The van der Waals surface area contributed by atoms with Crippen LogP contribution in [0.1, 0.15) is 56.9 Å². The molecule has 0 aromatic heterocycles. The van der Waals surface area contributed by atoms with Crippen LogP contribution in [0.25, 0.3) is 44.2 Å². The van der Waals surface area contributed by atoms with E-state index in [1.807, 2.05) is 0 Å². The lowest BCUT2D eigenvalue weighted by atomic mass is 9.80. The largest absolute Gasteiger partial charge is 0.335 e. The summed E-state index contributed by atoms with van der Waals surface area (Å²) in [7, 11) is 0. The van der Waals surface area contributed by atoms with Crippen molar-refractivity contribution in [2.24, 2.45) is 0 Å². The van der Waals surface area contributed by atoms with Crippen LogP contribution < -0.4 is 4.90 Å². The van der Waals surface area contributed by atoms with E-state index in [0.29, 0.717) is 0 Å². The second-order valence-electron chi connectivity index (χ2n) is 13.9. The molecule has 6 aromatic rings. The van der Waals surface area contributed by atoms with Gasteiger partial charge in [-0.3, -0.25) is 0 Å². The lowest BCUT2D eigenvalue weighted by molar-refractivity contribution is 0.560. The molecule has 0 N–H and O–H groups in total. The molecule has 0 spiro atoms. The molecule has 7 rings (SSSR count). The van der Waals surface area contributed by atoms with Gasteiger partial charge in [-0.15, -0.1) is 0 Å². The Hall–Kier alpha value is -4.62.